The molecule has 0 aromatic heterocycles. The van der Waals surface area contributed by atoms with E-state index in [-0.39, 0.29) is 24.3 Å². The summed E-state index contributed by atoms with van der Waals surface area (Å²) >= 11 is 1.44. The number of benzene rings is 2. The Labute approximate surface area is 199 Å². The predicted molar refractivity (Wildman–Crippen MR) is 132 cm³/mol. The summed E-state index contributed by atoms with van der Waals surface area (Å²) in [5, 5.41) is 0. The van der Waals surface area contributed by atoms with E-state index in [0.717, 1.165) is 18.0 Å². The van der Waals surface area contributed by atoms with Gasteiger partial charge in [0.05, 0.1) is 11.4 Å². The first-order valence-corrected chi connectivity index (χ1v) is 12.1. The van der Waals surface area contributed by atoms with Crippen LogP contribution in [0.5, 0.6) is 0 Å². The van der Waals surface area contributed by atoms with Gasteiger partial charge in [-0.3, -0.25) is 14.4 Å². The van der Waals surface area contributed by atoms with Crippen molar-refractivity contribution in [2.75, 3.05) is 62.4 Å². The van der Waals surface area contributed by atoms with Gasteiger partial charge < -0.3 is 19.6 Å². The third-order valence-corrected chi connectivity index (χ3v) is 7.23. The fraction of sp³-hybridized carbons (Fsp3) is 0.400. The minimum atomic E-state index is -0.130. The molecular formula is C25H30N4O3S. The number of rotatable bonds is 4. The first-order valence-electron chi connectivity index (χ1n) is 11.1. The molecule has 1 fully saturated rings. The van der Waals surface area contributed by atoms with Crippen molar-refractivity contribution in [3.05, 3.63) is 53.1 Å². The lowest BCUT2D eigenvalue weighted by molar-refractivity contribution is -0.131. The second kappa shape index (κ2) is 9.47. The molecule has 2 aliphatic rings. The largest absolute Gasteiger partial charge is 0.368 e. The van der Waals surface area contributed by atoms with Crippen LogP contribution in [0.25, 0.3) is 0 Å². The van der Waals surface area contributed by atoms with Crippen LogP contribution in [0.3, 0.4) is 0 Å². The van der Waals surface area contributed by atoms with Gasteiger partial charge in [-0.15, -0.1) is 11.8 Å². The Bertz CT molecular complexity index is 1090. The fourth-order valence-electron chi connectivity index (χ4n) is 4.26. The van der Waals surface area contributed by atoms with E-state index >= 15 is 0 Å². The monoisotopic (exact) mass is 466 g/mol. The highest BCUT2D eigenvalue weighted by molar-refractivity contribution is 8.00. The maximum Gasteiger partial charge on any atom is 0.253 e. The number of thioether (sulfide) groups is 1. The normalized spacial score (nSPS) is 16.0. The molecule has 0 spiro atoms. The molecule has 2 aromatic carbocycles. The molecule has 0 atom stereocenters. The van der Waals surface area contributed by atoms with E-state index in [1.165, 1.54) is 38.4 Å². The summed E-state index contributed by atoms with van der Waals surface area (Å²) in [5.74, 6) is -0.00748. The predicted octanol–water partition coefficient (Wildman–Crippen LogP) is 2.79. The third-order valence-electron chi connectivity index (χ3n) is 6.19. The second-order valence-electron chi connectivity index (χ2n) is 8.81. The summed E-state index contributed by atoms with van der Waals surface area (Å²) in [6.45, 7) is 6.96. The molecule has 2 heterocycles. The zero-order valence-corrected chi connectivity index (χ0v) is 20.4. The van der Waals surface area contributed by atoms with Crippen molar-refractivity contribution < 1.29 is 14.4 Å². The summed E-state index contributed by atoms with van der Waals surface area (Å²) in [5.41, 5.74) is 4.83. The molecule has 1 saturated heterocycles. The molecule has 3 amide bonds. The molecule has 0 saturated carbocycles. The molecular weight excluding hydrogens is 436 g/mol. The number of carbonyl (C=O) groups excluding carboxylic acids is 3. The van der Waals surface area contributed by atoms with Crippen LogP contribution in [0.15, 0.2) is 41.3 Å². The molecule has 0 bridgehead atoms. The summed E-state index contributed by atoms with van der Waals surface area (Å²) in [7, 11) is 3.39. The minimum Gasteiger partial charge on any atom is -0.368 e. The Morgan fingerprint density at radius 3 is 2.39 bits per heavy atom. The Morgan fingerprint density at radius 2 is 1.70 bits per heavy atom. The number of carbonyl (C=O) groups is 3. The number of piperazine rings is 1. The second-order valence-corrected chi connectivity index (χ2v) is 9.83. The van der Waals surface area contributed by atoms with Gasteiger partial charge in [0.15, 0.2) is 0 Å². The fourth-order valence-corrected chi connectivity index (χ4v) is 5.17. The highest BCUT2D eigenvalue weighted by Gasteiger charge is 2.30. The van der Waals surface area contributed by atoms with Gasteiger partial charge in [-0.05, 0) is 49.2 Å². The van der Waals surface area contributed by atoms with Gasteiger partial charge in [-0.1, -0.05) is 12.1 Å². The van der Waals surface area contributed by atoms with Crippen molar-refractivity contribution in [3.8, 4) is 0 Å². The topological polar surface area (TPSA) is 64.2 Å². The molecule has 0 N–H and O–H groups in total. The number of fused-ring (bicyclic) bond motifs is 1. The molecule has 33 heavy (non-hydrogen) atoms. The van der Waals surface area contributed by atoms with Crippen molar-refractivity contribution >= 4 is 40.9 Å². The van der Waals surface area contributed by atoms with Crippen LogP contribution in [0.2, 0.25) is 0 Å². The molecule has 2 aliphatic heterocycles. The number of aryl methyl sites for hydroxylation is 2. The van der Waals surface area contributed by atoms with Crippen LogP contribution in [0.1, 0.15) is 21.5 Å². The number of nitrogens with zero attached hydrogens (tertiary/aromatic N) is 4. The number of amides is 3. The smallest absolute Gasteiger partial charge is 0.253 e. The van der Waals surface area contributed by atoms with Crippen molar-refractivity contribution in [2.24, 2.45) is 0 Å². The molecule has 4 rings (SSSR count). The van der Waals surface area contributed by atoms with Gasteiger partial charge in [0, 0.05) is 56.4 Å². The number of hydrogen-bond acceptors (Lipinski definition) is 5. The van der Waals surface area contributed by atoms with E-state index in [0.29, 0.717) is 30.1 Å². The van der Waals surface area contributed by atoms with E-state index in [1.807, 2.05) is 11.0 Å². The molecule has 0 aliphatic carbocycles. The van der Waals surface area contributed by atoms with Crippen molar-refractivity contribution in [3.63, 3.8) is 0 Å². The summed E-state index contributed by atoms with van der Waals surface area (Å²) < 4.78 is 0. The zero-order chi connectivity index (χ0) is 23.7. The van der Waals surface area contributed by atoms with Crippen molar-refractivity contribution in [1.82, 2.24) is 9.80 Å². The molecule has 174 valence electrons. The lowest BCUT2D eigenvalue weighted by Gasteiger charge is -2.38. The standard InChI is InChI=1S/C25H30N4O3S/c1-17-5-6-18(2)20(13-17)27-9-11-28(12-10-27)23(30)15-29-21-14-19(25(32)26(3)4)7-8-22(21)33-16-24(29)31/h5-8,13-14H,9-12,15-16H2,1-4H3. The van der Waals surface area contributed by atoms with Crippen molar-refractivity contribution in [2.45, 2.75) is 18.7 Å². The van der Waals surface area contributed by atoms with E-state index in [2.05, 4.69) is 36.9 Å². The maximum absolute atomic E-state index is 13.1. The minimum absolute atomic E-state index is 0.00449. The Kier molecular flexibility index (Phi) is 6.65. The van der Waals surface area contributed by atoms with Gasteiger partial charge in [0.2, 0.25) is 11.8 Å². The van der Waals surface area contributed by atoms with Crippen LogP contribution in [0, 0.1) is 13.8 Å². The lowest BCUT2D eigenvalue weighted by atomic mass is 10.1. The molecule has 0 radical (unpaired) electrons. The van der Waals surface area contributed by atoms with Gasteiger partial charge in [0.1, 0.15) is 6.54 Å². The Morgan fingerprint density at radius 1 is 0.970 bits per heavy atom. The van der Waals surface area contributed by atoms with Crippen LogP contribution in [-0.4, -0.2) is 80.1 Å². The Hall–Kier alpha value is -3.00. The highest BCUT2D eigenvalue weighted by Crippen LogP contribution is 2.36. The maximum atomic E-state index is 13.1. The highest BCUT2D eigenvalue weighted by atomic mass is 32.2. The van der Waals surface area contributed by atoms with Crippen LogP contribution < -0.4 is 9.80 Å². The average Bonchev–Trinajstić information content (AvgIpc) is 2.81. The Balaban J connectivity index is 1.46. The van der Waals surface area contributed by atoms with Crippen molar-refractivity contribution in [1.29, 1.82) is 0 Å². The van der Waals surface area contributed by atoms with E-state index in [9.17, 15) is 14.4 Å². The summed E-state index contributed by atoms with van der Waals surface area (Å²) in [6, 6.07) is 11.8. The van der Waals surface area contributed by atoms with Crippen LogP contribution >= 0.6 is 11.8 Å². The lowest BCUT2D eigenvalue weighted by Crippen LogP contribution is -2.52. The van der Waals surface area contributed by atoms with Crippen LogP contribution in [0.4, 0.5) is 11.4 Å². The van der Waals surface area contributed by atoms with E-state index in [4.69, 9.17) is 0 Å². The molecule has 7 nitrogen and oxygen atoms in total. The third kappa shape index (κ3) is 4.85. The van der Waals surface area contributed by atoms with E-state index in [1.54, 1.807) is 26.2 Å². The first kappa shape index (κ1) is 23.2. The SMILES string of the molecule is Cc1ccc(C)c(N2CCN(C(=O)CN3C(=O)CSc4ccc(C(=O)N(C)C)cc43)CC2)c1. The van der Waals surface area contributed by atoms with Gasteiger partial charge in [0.25, 0.3) is 5.91 Å². The summed E-state index contributed by atoms with van der Waals surface area (Å²) in [4.78, 5) is 46.4. The first-order chi connectivity index (χ1) is 15.7. The molecule has 2 aromatic rings. The average molecular weight is 467 g/mol. The zero-order valence-electron chi connectivity index (χ0n) is 19.6. The summed E-state index contributed by atoms with van der Waals surface area (Å²) in [6.07, 6.45) is 0. The molecule has 8 heteroatoms. The number of anilines is 2. The van der Waals surface area contributed by atoms with Gasteiger partial charge in [-0.2, -0.15) is 0 Å². The van der Waals surface area contributed by atoms with Gasteiger partial charge >= 0.3 is 0 Å². The quantitative estimate of drug-likeness (QED) is 0.693. The number of hydrogen-bond donors (Lipinski definition) is 0. The van der Waals surface area contributed by atoms with Crippen LogP contribution in [-0.2, 0) is 9.59 Å². The van der Waals surface area contributed by atoms with Gasteiger partial charge in [-0.25, -0.2) is 0 Å². The van der Waals surface area contributed by atoms with E-state index < -0.39 is 0 Å². The molecule has 0 unspecified atom stereocenters.